The molecule has 5 nitrogen and oxygen atoms in total. The van der Waals surface area contributed by atoms with Crippen LogP contribution >= 0.6 is 27.7 Å². The van der Waals surface area contributed by atoms with E-state index in [0.717, 1.165) is 53.7 Å². The topological polar surface area (TPSA) is 66.5 Å². The number of sulfonamides is 1. The summed E-state index contributed by atoms with van der Waals surface area (Å²) < 4.78 is 29.4. The second-order valence-corrected chi connectivity index (χ2v) is 10.5. The molecule has 0 atom stereocenters. The Labute approximate surface area is 185 Å². The first-order valence-corrected chi connectivity index (χ1v) is 13.1. The summed E-state index contributed by atoms with van der Waals surface area (Å²) in [5.74, 6) is -0.0900. The van der Waals surface area contributed by atoms with Crippen LogP contribution < -0.4 is 4.72 Å². The van der Waals surface area contributed by atoms with E-state index >= 15 is 0 Å². The zero-order valence-electron chi connectivity index (χ0n) is 16.6. The summed E-state index contributed by atoms with van der Waals surface area (Å²) in [6.45, 7) is 3.34. The molecule has 1 saturated heterocycles. The van der Waals surface area contributed by atoms with Crippen LogP contribution in [-0.4, -0.2) is 38.6 Å². The van der Waals surface area contributed by atoms with Crippen molar-refractivity contribution >= 4 is 49.3 Å². The first-order valence-electron chi connectivity index (χ1n) is 9.58. The Kier molecular flexibility index (Phi) is 7.29. The lowest BCUT2D eigenvalue weighted by Gasteiger charge is -2.22. The van der Waals surface area contributed by atoms with Gasteiger partial charge in [0.25, 0.3) is 15.9 Å². The van der Waals surface area contributed by atoms with E-state index in [1.165, 1.54) is 17.8 Å². The van der Waals surface area contributed by atoms with Gasteiger partial charge in [-0.1, -0.05) is 28.8 Å². The van der Waals surface area contributed by atoms with Gasteiger partial charge in [-0.05, 0) is 68.0 Å². The molecule has 0 unspecified atom stereocenters. The highest BCUT2D eigenvalue weighted by atomic mass is 79.9. The number of aryl methyl sites for hydroxylation is 1. The molecule has 1 aliphatic rings. The van der Waals surface area contributed by atoms with Crippen molar-refractivity contribution < 1.29 is 13.2 Å². The number of halogens is 1. The Morgan fingerprint density at radius 3 is 2.38 bits per heavy atom. The number of thioether (sulfide) groups is 1. The average Bonchev–Trinajstić information content (AvgIpc) is 2.99. The molecule has 1 amide bonds. The summed E-state index contributed by atoms with van der Waals surface area (Å²) in [6.07, 6.45) is 6.13. The average molecular weight is 497 g/mol. The Balaban J connectivity index is 1.92. The van der Waals surface area contributed by atoms with Crippen molar-refractivity contribution in [2.45, 2.75) is 42.4 Å². The molecule has 1 fully saturated rings. The summed E-state index contributed by atoms with van der Waals surface area (Å²) in [7, 11) is -3.81. The Morgan fingerprint density at radius 1 is 1.07 bits per heavy atom. The van der Waals surface area contributed by atoms with E-state index in [1.54, 1.807) is 30.3 Å². The quantitative estimate of drug-likeness (QED) is 0.570. The third-order valence-electron chi connectivity index (χ3n) is 5.02. The summed E-state index contributed by atoms with van der Waals surface area (Å²) in [4.78, 5) is 15.9. The predicted molar refractivity (Wildman–Crippen MR) is 122 cm³/mol. The third-order valence-corrected chi connectivity index (χ3v) is 8.08. The molecule has 0 radical (unpaired) electrons. The second kappa shape index (κ2) is 9.53. The number of amides is 1. The van der Waals surface area contributed by atoms with Crippen LogP contribution in [0.5, 0.6) is 0 Å². The molecule has 0 spiro atoms. The second-order valence-electron chi connectivity index (χ2n) is 7.14. The predicted octanol–water partition coefficient (Wildman–Crippen LogP) is 5.30. The fourth-order valence-corrected chi connectivity index (χ4v) is 5.28. The van der Waals surface area contributed by atoms with Crippen molar-refractivity contribution in [3.63, 3.8) is 0 Å². The number of nitrogens with zero attached hydrogens (tertiary/aromatic N) is 1. The fourth-order valence-electron chi connectivity index (χ4n) is 3.39. The molecule has 0 aromatic heterocycles. The van der Waals surface area contributed by atoms with Crippen LogP contribution in [0.15, 0.2) is 50.7 Å². The summed E-state index contributed by atoms with van der Waals surface area (Å²) >= 11 is 4.87. The van der Waals surface area contributed by atoms with Crippen LogP contribution in [0.4, 0.5) is 5.69 Å². The number of anilines is 1. The fraction of sp³-hybridized carbons (Fsp3) is 0.381. The van der Waals surface area contributed by atoms with Gasteiger partial charge in [-0.3, -0.25) is 9.52 Å². The van der Waals surface area contributed by atoms with Crippen molar-refractivity contribution in [1.82, 2.24) is 4.90 Å². The molecule has 1 aliphatic heterocycles. The minimum atomic E-state index is -3.81. The van der Waals surface area contributed by atoms with Crippen LogP contribution in [0, 0.1) is 6.92 Å². The van der Waals surface area contributed by atoms with Gasteiger partial charge < -0.3 is 4.90 Å². The molecule has 0 bridgehead atoms. The highest BCUT2D eigenvalue weighted by Crippen LogP contribution is 2.28. The number of carbonyl (C=O) groups excluding carboxylic acids is 1. The monoisotopic (exact) mass is 496 g/mol. The molecule has 3 rings (SSSR count). The largest absolute Gasteiger partial charge is 0.339 e. The lowest BCUT2D eigenvalue weighted by atomic mass is 10.2. The van der Waals surface area contributed by atoms with Crippen LogP contribution in [0.25, 0.3) is 0 Å². The molecule has 8 heteroatoms. The number of nitrogens with one attached hydrogen (secondary N) is 1. The molecule has 0 aliphatic carbocycles. The van der Waals surface area contributed by atoms with E-state index in [9.17, 15) is 13.2 Å². The molecule has 2 aromatic rings. The molecular weight excluding hydrogens is 472 g/mol. The molecule has 1 N–H and O–H groups in total. The molecular formula is C21H25BrN2O3S2. The maximum atomic E-state index is 13.1. The number of rotatable bonds is 5. The molecule has 2 aromatic carbocycles. The van der Waals surface area contributed by atoms with Crippen molar-refractivity contribution in [2.75, 3.05) is 24.1 Å². The smallest absolute Gasteiger partial charge is 0.261 e. The van der Waals surface area contributed by atoms with Crippen molar-refractivity contribution in [2.24, 2.45) is 0 Å². The summed E-state index contributed by atoms with van der Waals surface area (Å²) in [6, 6.07) is 10.1. The van der Waals surface area contributed by atoms with E-state index in [-0.39, 0.29) is 10.8 Å². The maximum Gasteiger partial charge on any atom is 0.261 e. The molecule has 29 heavy (non-hydrogen) atoms. The molecule has 0 saturated carbocycles. The Bertz CT molecular complexity index is 1000. The van der Waals surface area contributed by atoms with E-state index in [2.05, 4.69) is 20.7 Å². The number of benzene rings is 2. The minimum Gasteiger partial charge on any atom is -0.339 e. The number of hydrogen-bond donors (Lipinski definition) is 1. The third kappa shape index (κ3) is 5.35. The number of hydrogen-bond acceptors (Lipinski definition) is 4. The highest BCUT2D eigenvalue weighted by molar-refractivity contribution is 9.10. The van der Waals surface area contributed by atoms with Gasteiger partial charge in [-0.15, -0.1) is 11.8 Å². The summed E-state index contributed by atoms with van der Waals surface area (Å²) in [5.41, 5.74) is 1.87. The molecule has 1 heterocycles. The van der Waals surface area contributed by atoms with E-state index < -0.39 is 10.0 Å². The van der Waals surface area contributed by atoms with Gasteiger partial charge in [0, 0.05) is 28.1 Å². The zero-order chi connectivity index (χ0) is 21.0. The van der Waals surface area contributed by atoms with Gasteiger partial charge in [0.1, 0.15) is 0 Å². The van der Waals surface area contributed by atoms with Gasteiger partial charge in [0.15, 0.2) is 0 Å². The Morgan fingerprint density at radius 2 is 1.76 bits per heavy atom. The normalized spacial score (nSPS) is 15.1. The lowest BCUT2D eigenvalue weighted by Crippen LogP contribution is -2.32. The lowest BCUT2D eigenvalue weighted by molar-refractivity contribution is 0.0758. The van der Waals surface area contributed by atoms with Crippen molar-refractivity contribution in [3.05, 3.63) is 52.0 Å². The van der Waals surface area contributed by atoms with Crippen LogP contribution in [0.3, 0.4) is 0 Å². The van der Waals surface area contributed by atoms with Gasteiger partial charge in [0.05, 0.1) is 10.5 Å². The standard InChI is InChI=1S/C21H25BrN2O3S2/c1-15-13-16(7-9-19(15)22)23-29(26,27)17-8-10-20(28-2)18(14-17)21(25)24-11-5-3-4-6-12-24/h7-10,13-14,23H,3-6,11-12H2,1-2H3. The minimum absolute atomic E-state index is 0.0900. The van der Waals surface area contributed by atoms with Crippen molar-refractivity contribution in [3.8, 4) is 0 Å². The number of carbonyl (C=O) groups is 1. The van der Waals surface area contributed by atoms with Crippen LogP contribution in [0.1, 0.15) is 41.6 Å². The van der Waals surface area contributed by atoms with Gasteiger partial charge in [0.2, 0.25) is 0 Å². The molecule has 156 valence electrons. The van der Waals surface area contributed by atoms with Gasteiger partial charge >= 0.3 is 0 Å². The first kappa shape index (κ1) is 22.2. The summed E-state index contributed by atoms with van der Waals surface area (Å²) in [5, 5.41) is 0. The van der Waals surface area contributed by atoms with E-state index in [4.69, 9.17) is 0 Å². The van der Waals surface area contributed by atoms with E-state index in [0.29, 0.717) is 11.3 Å². The highest BCUT2D eigenvalue weighted by Gasteiger charge is 2.23. The number of likely N-dealkylation sites (tertiary alicyclic amines) is 1. The van der Waals surface area contributed by atoms with Crippen molar-refractivity contribution in [1.29, 1.82) is 0 Å². The van der Waals surface area contributed by atoms with Gasteiger partial charge in [-0.25, -0.2) is 8.42 Å². The van der Waals surface area contributed by atoms with Crippen LogP contribution in [0.2, 0.25) is 0 Å². The maximum absolute atomic E-state index is 13.1. The van der Waals surface area contributed by atoms with E-state index in [1.807, 2.05) is 18.1 Å². The van der Waals surface area contributed by atoms with Crippen LogP contribution in [-0.2, 0) is 10.0 Å². The SMILES string of the molecule is CSc1ccc(S(=O)(=O)Nc2ccc(Br)c(C)c2)cc1C(=O)N1CCCCCC1. The Hall–Kier alpha value is -1.51. The first-order chi connectivity index (χ1) is 13.8. The zero-order valence-corrected chi connectivity index (χ0v) is 19.8. The van der Waals surface area contributed by atoms with Gasteiger partial charge in [-0.2, -0.15) is 0 Å².